The molecule has 19 heavy (non-hydrogen) atoms. The molecule has 0 saturated heterocycles. The van der Waals surface area contributed by atoms with E-state index < -0.39 is 0 Å². The molecule has 3 nitrogen and oxygen atoms in total. The van der Waals surface area contributed by atoms with Crippen molar-refractivity contribution in [3.8, 4) is 0 Å². The fourth-order valence-corrected chi connectivity index (χ4v) is 2.69. The number of amides is 1. The molecule has 3 rings (SSSR count). The molecule has 1 aliphatic heterocycles. The Labute approximate surface area is 113 Å². The molecule has 0 atom stereocenters. The van der Waals surface area contributed by atoms with Crippen molar-refractivity contribution in [2.45, 2.75) is 13.3 Å². The van der Waals surface area contributed by atoms with Gasteiger partial charge in [0.2, 0.25) is 0 Å². The molecule has 0 saturated carbocycles. The van der Waals surface area contributed by atoms with Crippen molar-refractivity contribution in [2.75, 3.05) is 24.5 Å². The van der Waals surface area contributed by atoms with Crippen molar-refractivity contribution in [3.05, 3.63) is 42.0 Å². The highest BCUT2D eigenvalue weighted by molar-refractivity contribution is 6.24. The molecule has 3 heteroatoms. The van der Waals surface area contributed by atoms with Crippen molar-refractivity contribution in [2.24, 2.45) is 0 Å². The number of rotatable bonds is 5. The Bertz CT molecular complexity index is 616. The van der Waals surface area contributed by atoms with E-state index in [9.17, 15) is 4.79 Å². The summed E-state index contributed by atoms with van der Waals surface area (Å²) in [6, 6.07) is 12.1. The summed E-state index contributed by atoms with van der Waals surface area (Å²) >= 11 is 0. The summed E-state index contributed by atoms with van der Waals surface area (Å²) in [7, 11) is 0. The van der Waals surface area contributed by atoms with E-state index in [1.807, 2.05) is 29.2 Å². The standard InChI is InChI=1S/C16H18N2O/c1-2-9-17-10-11-18-14-8-4-6-12-5-3-7-13(15(12)14)16(18)19/h3-8,17H,2,9-11H2,1H3. The van der Waals surface area contributed by atoms with Crippen LogP contribution in [-0.4, -0.2) is 25.5 Å². The van der Waals surface area contributed by atoms with Crippen LogP contribution in [-0.2, 0) is 0 Å². The normalized spacial score (nSPS) is 13.5. The first-order valence-electron chi connectivity index (χ1n) is 6.87. The van der Waals surface area contributed by atoms with Crippen LogP contribution < -0.4 is 10.2 Å². The minimum absolute atomic E-state index is 0.130. The largest absolute Gasteiger partial charge is 0.315 e. The topological polar surface area (TPSA) is 32.3 Å². The third-order valence-electron chi connectivity index (χ3n) is 3.59. The van der Waals surface area contributed by atoms with Gasteiger partial charge >= 0.3 is 0 Å². The lowest BCUT2D eigenvalue weighted by Crippen LogP contribution is -2.34. The van der Waals surface area contributed by atoms with E-state index in [0.29, 0.717) is 0 Å². The second-order valence-corrected chi connectivity index (χ2v) is 4.89. The molecule has 0 fully saturated rings. The van der Waals surface area contributed by atoms with E-state index in [2.05, 4.69) is 24.4 Å². The zero-order valence-electron chi connectivity index (χ0n) is 11.1. The molecular weight excluding hydrogens is 236 g/mol. The first-order valence-corrected chi connectivity index (χ1v) is 6.87. The van der Waals surface area contributed by atoms with Gasteiger partial charge in [-0.2, -0.15) is 0 Å². The molecule has 98 valence electrons. The van der Waals surface area contributed by atoms with E-state index in [-0.39, 0.29) is 5.91 Å². The van der Waals surface area contributed by atoms with Crippen LogP contribution in [0.2, 0.25) is 0 Å². The predicted molar refractivity (Wildman–Crippen MR) is 78.8 cm³/mol. The summed E-state index contributed by atoms with van der Waals surface area (Å²) in [6.07, 6.45) is 1.11. The van der Waals surface area contributed by atoms with Crippen LogP contribution in [0.1, 0.15) is 23.7 Å². The summed E-state index contributed by atoms with van der Waals surface area (Å²) in [4.78, 5) is 14.3. The Morgan fingerprint density at radius 2 is 1.89 bits per heavy atom. The summed E-state index contributed by atoms with van der Waals surface area (Å²) in [5.41, 5.74) is 1.89. The molecular formula is C16H18N2O. The highest BCUT2D eigenvalue weighted by atomic mass is 16.2. The van der Waals surface area contributed by atoms with Crippen molar-refractivity contribution >= 4 is 22.4 Å². The summed E-state index contributed by atoms with van der Waals surface area (Å²) in [5.74, 6) is 0.130. The minimum atomic E-state index is 0.130. The second-order valence-electron chi connectivity index (χ2n) is 4.89. The predicted octanol–water partition coefficient (Wildman–Crippen LogP) is 2.80. The third kappa shape index (κ3) is 2.00. The van der Waals surface area contributed by atoms with Crippen molar-refractivity contribution < 1.29 is 4.79 Å². The molecule has 0 bridgehead atoms. The van der Waals surface area contributed by atoms with Crippen molar-refractivity contribution in [1.29, 1.82) is 0 Å². The van der Waals surface area contributed by atoms with Gasteiger partial charge in [0.1, 0.15) is 0 Å². The number of anilines is 1. The Morgan fingerprint density at radius 1 is 1.11 bits per heavy atom. The van der Waals surface area contributed by atoms with E-state index >= 15 is 0 Å². The highest BCUT2D eigenvalue weighted by Gasteiger charge is 2.28. The van der Waals surface area contributed by atoms with Gasteiger partial charge in [-0.3, -0.25) is 4.79 Å². The summed E-state index contributed by atoms with van der Waals surface area (Å²) in [5, 5.41) is 5.60. The van der Waals surface area contributed by atoms with Crippen molar-refractivity contribution in [3.63, 3.8) is 0 Å². The van der Waals surface area contributed by atoms with Gasteiger partial charge in [0, 0.05) is 24.0 Å². The minimum Gasteiger partial charge on any atom is -0.315 e. The van der Waals surface area contributed by atoms with Gasteiger partial charge in [-0.05, 0) is 30.5 Å². The lowest BCUT2D eigenvalue weighted by atomic mass is 10.1. The molecule has 0 aliphatic carbocycles. The molecule has 1 N–H and O–H groups in total. The quantitative estimate of drug-likeness (QED) is 0.832. The maximum atomic E-state index is 12.4. The number of hydrogen-bond donors (Lipinski definition) is 1. The van der Waals surface area contributed by atoms with E-state index in [1.54, 1.807) is 0 Å². The average Bonchev–Trinajstić information content (AvgIpc) is 2.71. The van der Waals surface area contributed by atoms with E-state index in [4.69, 9.17) is 0 Å². The maximum absolute atomic E-state index is 12.4. The fraction of sp³-hybridized carbons (Fsp3) is 0.312. The van der Waals surface area contributed by atoms with Gasteiger partial charge in [0.25, 0.3) is 5.91 Å². The number of hydrogen-bond acceptors (Lipinski definition) is 2. The molecule has 0 radical (unpaired) electrons. The van der Waals surface area contributed by atoms with Gasteiger partial charge in [0.15, 0.2) is 0 Å². The monoisotopic (exact) mass is 254 g/mol. The molecule has 2 aromatic carbocycles. The van der Waals surface area contributed by atoms with Gasteiger partial charge in [-0.25, -0.2) is 0 Å². The van der Waals surface area contributed by atoms with Gasteiger partial charge in [-0.15, -0.1) is 0 Å². The molecule has 0 unspecified atom stereocenters. The fourth-order valence-electron chi connectivity index (χ4n) is 2.69. The number of carbonyl (C=O) groups is 1. The van der Waals surface area contributed by atoms with E-state index in [0.717, 1.165) is 48.1 Å². The van der Waals surface area contributed by atoms with Crippen LogP contribution in [0.3, 0.4) is 0 Å². The Hall–Kier alpha value is -1.87. The third-order valence-corrected chi connectivity index (χ3v) is 3.59. The molecule has 2 aromatic rings. The number of benzene rings is 2. The van der Waals surface area contributed by atoms with Crippen LogP contribution in [0.4, 0.5) is 5.69 Å². The SMILES string of the molecule is CCCNCCN1C(=O)c2cccc3cccc1c23. The maximum Gasteiger partial charge on any atom is 0.259 e. The second kappa shape index (κ2) is 5.02. The van der Waals surface area contributed by atoms with Gasteiger partial charge in [-0.1, -0.05) is 31.2 Å². The smallest absolute Gasteiger partial charge is 0.259 e. The first-order chi connectivity index (χ1) is 9.33. The number of carbonyl (C=O) groups excluding carboxylic acids is 1. The van der Waals surface area contributed by atoms with Crippen LogP contribution in [0.5, 0.6) is 0 Å². The summed E-state index contributed by atoms with van der Waals surface area (Å²) < 4.78 is 0. The van der Waals surface area contributed by atoms with E-state index in [1.165, 1.54) is 0 Å². The van der Waals surface area contributed by atoms with Gasteiger partial charge in [0.05, 0.1) is 5.69 Å². The Balaban J connectivity index is 1.90. The van der Waals surface area contributed by atoms with Gasteiger partial charge < -0.3 is 10.2 Å². The Kier molecular flexibility index (Phi) is 3.22. The average molecular weight is 254 g/mol. The molecule has 1 amide bonds. The molecule has 0 aromatic heterocycles. The van der Waals surface area contributed by atoms with Crippen LogP contribution in [0.15, 0.2) is 36.4 Å². The van der Waals surface area contributed by atoms with Crippen LogP contribution in [0, 0.1) is 0 Å². The lowest BCUT2D eigenvalue weighted by Gasteiger charge is -2.17. The molecule has 1 aliphatic rings. The molecule has 1 heterocycles. The highest BCUT2D eigenvalue weighted by Crippen LogP contribution is 2.36. The Morgan fingerprint density at radius 3 is 2.68 bits per heavy atom. The van der Waals surface area contributed by atoms with Crippen molar-refractivity contribution in [1.82, 2.24) is 5.32 Å². The first kappa shape index (κ1) is 12.2. The number of nitrogens with one attached hydrogen (secondary N) is 1. The lowest BCUT2D eigenvalue weighted by molar-refractivity contribution is 0.0993. The van der Waals surface area contributed by atoms with Crippen LogP contribution >= 0.6 is 0 Å². The molecule has 0 spiro atoms. The van der Waals surface area contributed by atoms with Crippen LogP contribution in [0.25, 0.3) is 10.8 Å². The number of nitrogens with zero attached hydrogens (tertiary/aromatic N) is 1. The summed E-state index contributed by atoms with van der Waals surface area (Å²) in [6.45, 7) is 4.71. The zero-order chi connectivity index (χ0) is 13.2. The zero-order valence-corrected chi connectivity index (χ0v) is 11.1.